The van der Waals surface area contributed by atoms with Gasteiger partial charge in [0.1, 0.15) is 0 Å². The predicted molar refractivity (Wildman–Crippen MR) is 69.7 cm³/mol. The Morgan fingerprint density at radius 3 is 2.47 bits per heavy atom. The van der Waals surface area contributed by atoms with Gasteiger partial charge >= 0.3 is 0 Å². The van der Waals surface area contributed by atoms with Crippen molar-refractivity contribution in [3.05, 3.63) is 29.8 Å². The van der Waals surface area contributed by atoms with E-state index in [4.69, 9.17) is 5.73 Å². The second-order valence-electron chi connectivity index (χ2n) is 4.99. The van der Waals surface area contributed by atoms with E-state index in [1.54, 1.807) is 0 Å². The number of carbonyl (C=O) groups is 1. The summed E-state index contributed by atoms with van der Waals surface area (Å²) in [4.78, 5) is 12.2. The van der Waals surface area contributed by atoms with E-state index in [2.05, 4.69) is 12.2 Å². The zero-order chi connectivity index (χ0) is 12.5. The highest BCUT2D eigenvalue weighted by Gasteiger charge is 2.51. The molecule has 3 heteroatoms. The van der Waals surface area contributed by atoms with Gasteiger partial charge in [0.2, 0.25) is 5.91 Å². The first-order valence-electron chi connectivity index (χ1n) is 6.25. The number of anilines is 1. The van der Waals surface area contributed by atoms with Crippen molar-refractivity contribution in [1.82, 2.24) is 5.32 Å². The molecule has 1 atom stereocenters. The highest BCUT2D eigenvalue weighted by atomic mass is 16.2. The molecule has 0 unspecified atom stereocenters. The minimum atomic E-state index is -0.281. The fourth-order valence-electron chi connectivity index (χ4n) is 2.04. The number of carbonyl (C=O) groups excluding carboxylic acids is 1. The van der Waals surface area contributed by atoms with Crippen molar-refractivity contribution in [1.29, 1.82) is 0 Å². The Bertz CT molecular complexity index is 407. The largest absolute Gasteiger partial charge is 0.399 e. The number of nitrogens with two attached hydrogens (primary N) is 1. The standard InChI is InChI=1S/C14H20N2O/c1-3-10(2)16-13(17)14(8-9-14)11-4-6-12(15)7-5-11/h4-7,10H,3,8-9,15H2,1-2H3,(H,16,17)/t10-/m1/s1. The van der Waals surface area contributed by atoms with Crippen LogP contribution >= 0.6 is 0 Å². The number of nitrogens with one attached hydrogen (secondary N) is 1. The highest BCUT2D eigenvalue weighted by Crippen LogP contribution is 2.48. The molecular weight excluding hydrogens is 212 g/mol. The molecule has 1 saturated carbocycles. The molecule has 0 aliphatic heterocycles. The Morgan fingerprint density at radius 2 is 2.00 bits per heavy atom. The van der Waals surface area contributed by atoms with E-state index >= 15 is 0 Å². The summed E-state index contributed by atoms with van der Waals surface area (Å²) in [6.07, 6.45) is 2.85. The molecule has 0 heterocycles. The molecule has 1 amide bonds. The maximum absolute atomic E-state index is 12.2. The Kier molecular flexibility index (Phi) is 3.09. The summed E-state index contributed by atoms with van der Waals surface area (Å²) in [7, 11) is 0. The van der Waals surface area contributed by atoms with Crippen LogP contribution in [0.3, 0.4) is 0 Å². The van der Waals surface area contributed by atoms with Crippen LogP contribution in [-0.2, 0) is 10.2 Å². The summed E-state index contributed by atoms with van der Waals surface area (Å²) >= 11 is 0. The van der Waals surface area contributed by atoms with Gasteiger partial charge in [-0.3, -0.25) is 4.79 Å². The van der Waals surface area contributed by atoms with Crippen molar-refractivity contribution in [3.8, 4) is 0 Å². The van der Waals surface area contributed by atoms with Gasteiger partial charge in [-0.25, -0.2) is 0 Å². The molecule has 0 radical (unpaired) electrons. The van der Waals surface area contributed by atoms with Gasteiger partial charge in [-0.2, -0.15) is 0 Å². The molecule has 3 N–H and O–H groups in total. The quantitative estimate of drug-likeness (QED) is 0.782. The first-order chi connectivity index (χ1) is 8.08. The number of amides is 1. The summed E-state index contributed by atoms with van der Waals surface area (Å²) in [6, 6.07) is 7.92. The predicted octanol–water partition coefficient (Wildman–Crippen LogP) is 2.22. The lowest BCUT2D eigenvalue weighted by Gasteiger charge is -2.19. The third kappa shape index (κ3) is 2.28. The van der Waals surface area contributed by atoms with Gasteiger partial charge in [-0.15, -0.1) is 0 Å². The van der Waals surface area contributed by atoms with Crippen LogP contribution in [0.15, 0.2) is 24.3 Å². The number of benzene rings is 1. The van der Waals surface area contributed by atoms with Crippen LogP contribution in [0.5, 0.6) is 0 Å². The number of nitrogen functional groups attached to an aromatic ring is 1. The number of hydrogen-bond acceptors (Lipinski definition) is 2. The lowest BCUT2D eigenvalue weighted by atomic mass is 9.94. The van der Waals surface area contributed by atoms with E-state index in [1.165, 1.54) is 0 Å². The first kappa shape index (κ1) is 12.0. The summed E-state index contributed by atoms with van der Waals surface area (Å²) in [5.74, 6) is 0.164. The zero-order valence-corrected chi connectivity index (χ0v) is 10.5. The lowest BCUT2D eigenvalue weighted by Crippen LogP contribution is -2.39. The van der Waals surface area contributed by atoms with Gasteiger partial charge < -0.3 is 11.1 Å². The van der Waals surface area contributed by atoms with Gasteiger partial charge in [0.05, 0.1) is 5.41 Å². The molecule has 3 nitrogen and oxygen atoms in total. The topological polar surface area (TPSA) is 55.1 Å². The Labute approximate surface area is 102 Å². The maximum Gasteiger partial charge on any atom is 0.230 e. The molecule has 1 aromatic rings. The van der Waals surface area contributed by atoms with Gasteiger partial charge in [0.15, 0.2) is 0 Å². The SMILES string of the molecule is CC[C@@H](C)NC(=O)C1(c2ccc(N)cc2)CC1. The molecule has 1 aliphatic rings. The smallest absolute Gasteiger partial charge is 0.230 e. The fraction of sp³-hybridized carbons (Fsp3) is 0.500. The normalized spacial score (nSPS) is 18.5. The number of hydrogen-bond donors (Lipinski definition) is 2. The Hall–Kier alpha value is -1.51. The average molecular weight is 232 g/mol. The summed E-state index contributed by atoms with van der Waals surface area (Å²) in [5.41, 5.74) is 7.22. The molecule has 0 aromatic heterocycles. The third-order valence-electron chi connectivity index (χ3n) is 3.64. The minimum absolute atomic E-state index is 0.164. The van der Waals surface area contributed by atoms with E-state index in [-0.39, 0.29) is 17.4 Å². The van der Waals surface area contributed by atoms with Crippen molar-refractivity contribution in [2.45, 2.75) is 44.6 Å². The van der Waals surface area contributed by atoms with Crippen LogP contribution in [0.1, 0.15) is 38.7 Å². The molecule has 0 saturated heterocycles. The molecule has 0 spiro atoms. The third-order valence-corrected chi connectivity index (χ3v) is 3.64. The molecule has 1 aromatic carbocycles. The highest BCUT2D eigenvalue weighted by molar-refractivity contribution is 5.91. The maximum atomic E-state index is 12.2. The molecule has 92 valence electrons. The Balaban J connectivity index is 2.14. The first-order valence-corrected chi connectivity index (χ1v) is 6.25. The Morgan fingerprint density at radius 1 is 1.41 bits per heavy atom. The number of rotatable bonds is 4. The van der Waals surface area contributed by atoms with Crippen molar-refractivity contribution in [2.24, 2.45) is 0 Å². The summed E-state index contributed by atoms with van der Waals surface area (Å²) in [5, 5.41) is 3.08. The minimum Gasteiger partial charge on any atom is -0.399 e. The fourth-order valence-corrected chi connectivity index (χ4v) is 2.04. The molecule has 1 aliphatic carbocycles. The van der Waals surface area contributed by atoms with E-state index < -0.39 is 0 Å². The summed E-state index contributed by atoms with van der Waals surface area (Å²) < 4.78 is 0. The molecule has 17 heavy (non-hydrogen) atoms. The second kappa shape index (κ2) is 4.40. The second-order valence-corrected chi connectivity index (χ2v) is 4.99. The van der Waals surface area contributed by atoms with Gasteiger partial charge in [-0.1, -0.05) is 19.1 Å². The van der Waals surface area contributed by atoms with Gasteiger partial charge in [-0.05, 0) is 43.9 Å². The molecular formula is C14H20N2O. The van der Waals surface area contributed by atoms with Crippen LogP contribution in [0.25, 0.3) is 0 Å². The van der Waals surface area contributed by atoms with E-state index in [0.29, 0.717) is 0 Å². The van der Waals surface area contributed by atoms with Crippen molar-refractivity contribution in [3.63, 3.8) is 0 Å². The zero-order valence-electron chi connectivity index (χ0n) is 10.5. The summed E-state index contributed by atoms with van der Waals surface area (Å²) in [6.45, 7) is 4.12. The molecule has 1 fully saturated rings. The van der Waals surface area contributed by atoms with Crippen LogP contribution in [0.2, 0.25) is 0 Å². The van der Waals surface area contributed by atoms with Crippen LogP contribution < -0.4 is 11.1 Å². The van der Waals surface area contributed by atoms with Crippen LogP contribution in [0, 0.1) is 0 Å². The van der Waals surface area contributed by atoms with E-state index in [0.717, 1.165) is 30.5 Å². The van der Waals surface area contributed by atoms with Crippen molar-refractivity contribution in [2.75, 3.05) is 5.73 Å². The lowest BCUT2D eigenvalue weighted by molar-refractivity contribution is -0.124. The monoisotopic (exact) mass is 232 g/mol. The van der Waals surface area contributed by atoms with Gasteiger partial charge in [0.25, 0.3) is 0 Å². The van der Waals surface area contributed by atoms with Crippen LogP contribution in [-0.4, -0.2) is 11.9 Å². The van der Waals surface area contributed by atoms with E-state index in [1.807, 2.05) is 31.2 Å². The van der Waals surface area contributed by atoms with Crippen molar-refractivity contribution >= 4 is 11.6 Å². The molecule has 2 rings (SSSR count). The van der Waals surface area contributed by atoms with Crippen LogP contribution in [0.4, 0.5) is 5.69 Å². The van der Waals surface area contributed by atoms with Crippen molar-refractivity contribution < 1.29 is 4.79 Å². The van der Waals surface area contributed by atoms with E-state index in [9.17, 15) is 4.79 Å². The van der Waals surface area contributed by atoms with Gasteiger partial charge in [0, 0.05) is 11.7 Å². The molecule has 0 bridgehead atoms. The average Bonchev–Trinajstić information content (AvgIpc) is 3.11.